The first kappa shape index (κ1) is 10.9. The van der Waals surface area contributed by atoms with Crippen LogP contribution in [-0.2, 0) is 0 Å². The molecule has 3 heteroatoms. The van der Waals surface area contributed by atoms with Crippen molar-refractivity contribution >= 4 is 5.69 Å². The highest BCUT2D eigenvalue weighted by Crippen LogP contribution is 2.26. The lowest BCUT2D eigenvalue weighted by atomic mass is 10.2. The summed E-state index contributed by atoms with van der Waals surface area (Å²) in [6, 6.07) is 7.64. The minimum atomic E-state index is 0.373. The van der Waals surface area contributed by atoms with Gasteiger partial charge in [-0.05, 0) is 12.1 Å². The number of phenols is 1. The number of piperazine rings is 1. The number of anilines is 1. The number of hydrogen-bond acceptors (Lipinski definition) is 2. The fraction of sp³-hybridized carbons (Fsp3) is 0.571. The summed E-state index contributed by atoms with van der Waals surface area (Å²) in [6.45, 7) is 7.57. The van der Waals surface area contributed by atoms with Gasteiger partial charge < -0.3 is 14.5 Å². The Morgan fingerprint density at radius 2 is 1.71 bits per heavy atom. The highest BCUT2D eigenvalue weighted by Gasteiger charge is 2.35. The van der Waals surface area contributed by atoms with Gasteiger partial charge in [0, 0.05) is 24.6 Å². The molecule has 0 unspecified atom stereocenters. The van der Waals surface area contributed by atoms with Crippen LogP contribution in [0.3, 0.4) is 0 Å². The summed E-state index contributed by atoms with van der Waals surface area (Å²) in [5.41, 5.74) is 1.17. The molecule has 1 spiro atoms. The van der Waals surface area contributed by atoms with Crippen LogP contribution >= 0.6 is 0 Å². The summed E-state index contributed by atoms with van der Waals surface area (Å²) in [6.07, 6.45) is 2.82. The SMILES string of the molecule is Oc1cccc(N2CC[N+]3(CCCC3)CC2)c1. The Kier molecular flexibility index (Phi) is 2.71. The van der Waals surface area contributed by atoms with Crippen molar-refractivity contribution in [2.45, 2.75) is 12.8 Å². The smallest absolute Gasteiger partial charge is 0.117 e. The molecule has 0 aliphatic carbocycles. The normalized spacial score (nSPS) is 23.2. The predicted octanol–water partition coefficient (Wildman–Crippen LogP) is 1.82. The van der Waals surface area contributed by atoms with E-state index in [1.54, 1.807) is 6.07 Å². The van der Waals surface area contributed by atoms with E-state index in [1.807, 2.05) is 12.1 Å². The molecule has 1 N–H and O–H groups in total. The molecule has 3 rings (SSSR count). The maximum absolute atomic E-state index is 9.52. The first-order valence-electron chi connectivity index (χ1n) is 6.67. The van der Waals surface area contributed by atoms with Crippen molar-refractivity contribution in [1.82, 2.24) is 0 Å². The lowest BCUT2D eigenvalue weighted by molar-refractivity contribution is -0.917. The third-order valence-electron chi connectivity index (χ3n) is 4.40. The van der Waals surface area contributed by atoms with Crippen LogP contribution in [0.5, 0.6) is 5.75 Å². The van der Waals surface area contributed by atoms with Gasteiger partial charge in [0.05, 0.1) is 39.3 Å². The zero-order valence-corrected chi connectivity index (χ0v) is 10.3. The van der Waals surface area contributed by atoms with Gasteiger partial charge in [-0.15, -0.1) is 0 Å². The second-order valence-corrected chi connectivity index (χ2v) is 5.45. The van der Waals surface area contributed by atoms with Crippen molar-refractivity contribution < 1.29 is 9.59 Å². The van der Waals surface area contributed by atoms with Crippen LogP contribution in [0, 0.1) is 0 Å². The maximum atomic E-state index is 9.52. The van der Waals surface area contributed by atoms with E-state index in [1.165, 1.54) is 49.2 Å². The Balaban J connectivity index is 1.68. The topological polar surface area (TPSA) is 23.5 Å². The van der Waals surface area contributed by atoms with Crippen molar-refractivity contribution in [2.24, 2.45) is 0 Å². The Labute approximate surface area is 103 Å². The standard InChI is InChI=1S/C14H20N2O/c17-14-5-3-4-13(12-14)15-6-10-16(11-7-15)8-1-2-9-16/h3-5,12H,1-2,6-11H2/p+1. The van der Waals surface area contributed by atoms with Gasteiger partial charge in [-0.25, -0.2) is 0 Å². The number of benzene rings is 1. The number of rotatable bonds is 1. The summed E-state index contributed by atoms with van der Waals surface area (Å²) in [5, 5.41) is 9.52. The third-order valence-corrected chi connectivity index (χ3v) is 4.40. The van der Waals surface area contributed by atoms with Crippen molar-refractivity contribution in [3.05, 3.63) is 24.3 Å². The van der Waals surface area contributed by atoms with Crippen LogP contribution in [0.15, 0.2) is 24.3 Å². The van der Waals surface area contributed by atoms with Gasteiger partial charge in [0.1, 0.15) is 5.75 Å². The molecule has 0 radical (unpaired) electrons. The second kappa shape index (κ2) is 4.22. The van der Waals surface area contributed by atoms with E-state index in [2.05, 4.69) is 11.0 Å². The Hall–Kier alpha value is -1.22. The van der Waals surface area contributed by atoms with Gasteiger partial charge in [-0.2, -0.15) is 0 Å². The molecule has 0 saturated carbocycles. The van der Waals surface area contributed by atoms with Crippen molar-refractivity contribution in [3.63, 3.8) is 0 Å². The van der Waals surface area contributed by atoms with E-state index < -0.39 is 0 Å². The third kappa shape index (κ3) is 2.12. The van der Waals surface area contributed by atoms with Gasteiger partial charge >= 0.3 is 0 Å². The average Bonchev–Trinajstić information content (AvgIpc) is 2.79. The average molecular weight is 233 g/mol. The van der Waals surface area contributed by atoms with Gasteiger partial charge in [0.25, 0.3) is 0 Å². The minimum absolute atomic E-state index is 0.373. The van der Waals surface area contributed by atoms with Crippen LogP contribution in [0.4, 0.5) is 5.69 Å². The zero-order chi connectivity index (χ0) is 11.7. The Bertz CT molecular complexity index is 389. The summed E-state index contributed by atoms with van der Waals surface area (Å²) >= 11 is 0. The quantitative estimate of drug-likeness (QED) is 0.748. The van der Waals surface area contributed by atoms with Crippen LogP contribution < -0.4 is 4.90 Å². The molecule has 1 aromatic carbocycles. The van der Waals surface area contributed by atoms with Gasteiger partial charge in [-0.3, -0.25) is 0 Å². The molecular weight excluding hydrogens is 212 g/mol. The van der Waals surface area contributed by atoms with E-state index in [0.29, 0.717) is 5.75 Å². The number of phenolic OH excluding ortho intramolecular Hbond substituents is 1. The molecule has 0 amide bonds. The number of quaternary nitrogens is 1. The fourth-order valence-corrected chi connectivity index (χ4v) is 3.29. The van der Waals surface area contributed by atoms with Crippen molar-refractivity contribution in [1.29, 1.82) is 0 Å². The maximum Gasteiger partial charge on any atom is 0.117 e. The number of hydrogen-bond donors (Lipinski definition) is 1. The van der Waals surface area contributed by atoms with E-state index in [-0.39, 0.29) is 0 Å². The highest BCUT2D eigenvalue weighted by atomic mass is 16.3. The molecule has 2 fully saturated rings. The summed E-state index contributed by atoms with van der Waals surface area (Å²) in [4.78, 5) is 2.40. The molecule has 2 saturated heterocycles. The summed E-state index contributed by atoms with van der Waals surface area (Å²) in [5.74, 6) is 0.373. The zero-order valence-electron chi connectivity index (χ0n) is 10.3. The first-order valence-corrected chi connectivity index (χ1v) is 6.67. The van der Waals surface area contributed by atoms with Crippen LogP contribution in [-0.4, -0.2) is 48.9 Å². The molecule has 0 aromatic heterocycles. The molecule has 0 atom stereocenters. The van der Waals surface area contributed by atoms with E-state index in [0.717, 1.165) is 13.1 Å². The predicted molar refractivity (Wildman–Crippen MR) is 69.3 cm³/mol. The molecule has 1 aromatic rings. The van der Waals surface area contributed by atoms with Crippen molar-refractivity contribution in [3.8, 4) is 5.75 Å². The number of nitrogens with zero attached hydrogens (tertiary/aromatic N) is 2. The fourth-order valence-electron chi connectivity index (χ4n) is 3.29. The van der Waals surface area contributed by atoms with E-state index in [9.17, 15) is 5.11 Å². The second-order valence-electron chi connectivity index (χ2n) is 5.45. The molecule has 2 aliphatic rings. The monoisotopic (exact) mass is 233 g/mol. The highest BCUT2D eigenvalue weighted by molar-refractivity contribution is 5.50. The van der Waals surface area contributed by atoms with Crippen molar-refractivity contribution in [2.75, 3.05) is 44.2 Å². The molecule has 17 heavy (non-hydrogen) atoms. The lowest BCUT2D eigenvalue weighted by Gasteiger charge is -2.42. The largest absolute Gasteiger partial charge is 0.508 e. The molecule has 3 nitrogen and oxygen atoms in total. The summed E-state index contributed by atoms with van der Waals surface area (Å²) < 4.78 is 1.34. The van der Waals surface area contributed by atoms with E-state index >= 15 is 0 Å². The Morgan fingerprint density at radius 1 is 1.00 bits per heavy atom. The van der Waals surface area contributed by atoms with Gasteiger partial charge in [-0.1, -0.05) is 6.07 Å². The van der Waals surface area contributed by atoms with Crippen LogP contribution in [0.1, 0.15) is 12.8 Å². The van der Waals surface area contributed by atoms with Crippen LogP contribution in [0.25, 0.3) is 0 Å². The van der Waals surface area contributed by atoms with Gasteiger partial charge in [0.2, 0.25) is 0 Å². The lowest BCUT2D eigenvalue weighted by Crippen LogP contribution is -2.58. The van der Waals surface area contributed by atoms with E-state index in [4.69, 9.17) is 0 Å². The summed E-state index contributed by atoms with van der Waals surface area (Å²) in [7, 11) is 0. The van der Waals surface area contributed by atoms with Crippen LogP contribution in [0.2, 0.25) is 0 Å². The minimum Gasteiger partial charge on any atom is -0.508 e. The molecule has 92 valence electrons. The molecular formula is C14H21N2O+. The number of aromatic hydroxyl groups is 1. The molecule has 0 bridgehead atoms. The molecule has 2 heterocycles. The molecule has 2 aliphatic heterocycles. The van der Waals surface area contributed by atoms with Gasteiger partial charge in [0.15, 0.2) is 0 Å². The Morgan fingerprint density at radius 3 is 2.35 bits per heavy atom. The first-order chi connectivity index (χ1) is 8.27.